The van der Waals surface area contributed by atoms with Crippen LogP contribution in [0.25, 0.3) is 0 Å². The molecule has 1 aromatic heterocycles. The summed E-state index contributed by atoms with van der Waals surface area (Å²) < 4.78 is 2.02. The zero-order chi connectivity index (χ0) is 12.3. The first-order chi connectivity index (χ1) is 8.16. The first-order valence-electron chi connectivity index (χ1n) is 6.64. The Balaban J connectivity index is 1.92. The molecule has 1 fully saturated rings. The molecule has 17 heavy (non-hydrogen) atoms. The minimum absolute atomic E-state index is 0.510. The fourth-order valence-corrected chi connectivity index (χ4v) is 2.48. The highest BCUT2D eigenvalue weighted by molar-refractivity contribution is 4.87. The topological polar surface area (TPSA) is 55.6 Å². The molecule has 1 heterocycles. The summed E-state index contributed by atoms with van der Waals surface area (Å²) in [5, 5.41) is 15.5. The molecule has 2 atom stereocenters. The molecule has 5 heteroatoms. The van der Waals surface area contributed by atoms with Gasteiger partial charge in [0.25, 0.3) is 0 Å². The number of nitrogens with zero attached hydrogens (tertiary/aromatic N) is 4. The second-order valence-corrected chi connectivity index (χ2v) is 5.64. The van der Waals surface area contributed by atoms with Crippen LogP contribution < -0.4 is 5.32 Å². The van der Waals surface area contributed by atoms with E-state index >= 15 is 0 Å². The third kappa shape index (κ3) is 3.25. The van der Waals surface area contributed by atoms with Crippen molar-refractivity contribution in [1.82, 2.24) is 25.5 Å². The molecule has 0 radical (unpaired) electrons. The third-order valence-electron chi connectivity index (χ3n) is 3.41. The van der Waals surface area contributed by atoms with Gasteiger partial charge in [0.05, 0.1) is 12.6 Å². The van der Waals surface area contributed by atoms with Crippen LogP contribution in [0.5, 0.6) is 0 Å². The third-order valence-corrected chi connectivity index (χ3v) is 3.41. The summed E-state index contributed by atoms with van der Waals surface area (Å²) >= 11 is 0. The van der Waals surface area contributed by atoms with E-state index in [1.54, 1.807) is 0 Å². The predicted molar refractivity (Wildman–Crippen MR) is 66.4 cm³/mol. The lowest BCUT2D eigenvalue weighted by molar-refractivity contribution is 0.415. The van der Waals surface area contributed by atoms with Crippen LogP contribution in [0.4, 0.5) is 0 Å². The average molecular weight is 237 g/mol. The van der Waals surface area contributed by atoms with E-state index in [9.17, 15) is 0 Å². The van der Waals surface area contributed by atoms with Gasteiger partial charge in [-0.1, -0.05) is 20.8 Å². The Hall–Kier alpha value is -0.970. The Bertz CT molecular complexity index is 346. The molecule has 0 aromatic carbocycles. The van der Waals surface area contributed by atoms with Gasteiger partial charge in [0.1, 0.15) is 0 Å². The molecule has 1 aliphatic rings. The van der Waals surface area contributed by atoms with Gasteiger partial charge in [-0.2, -0.15) is 0 Å². The standard InChI is InChI=1S/C12H23N5/c1-9(2)7-13-8-12-14-15-16-17(12)11-5-4-10(3)6-11/h9-11,13H,4-8H2,1-3H3. The van der Waals surface area contributed by atoms with E-state index in [4.69, 9.17) is 0 Å². The van der Waals surface area contributed by atoms with Gasteiger partial charge in [-0.05, 0) is 48.1 Å². The highest BCUT2D eigenvalue weighted by Crippen LogP contribution is 2.33. The minimum Gasteiger partial charge on any atom is -0.310 e. The van der Waals surface area contributed by atoms with Crippen LogP contribution in [0.1, 0.15) is 51.9 Å². The Morgan fingerprint density at radius 2 is 2.24 bits per heavy atom. The molecule has 5 nitrogen and oxygen atoms in total. The SMILES string of the molecule is CC(C)CNCc1nnnn1C1CCC(C)C1. The molecule has 0 bridgehead atoms. The van der Waals surface area contributed by atoms with E-state index in [0.29, 0.717) is 12.0 Å². The molecular formula is C12H23N5. The lowest BCUT2D eigenvalue weighted by atomic mass is 10.1. The van der Waals surface area contributed by atoms with Crippen molar-refractivity contribution < 1.29 is 0 Å². The molecule has 0 amide bonds. The molecule has 0 aliphatic heterocycles. The van der Waals surface area contributed by atoms with Crippen LogP contribution >= 0.6 is 0 Å². The number of nitrogens with one attached hydrogen (secondary N) is 1. The smallest absolute Gasteiger partial charge is 0.165 e. The Morgan fingerprint density at radius 3 is 2.88 bits per heavy atom. The van der Waals surface area contributed by atoms with Crippen molar-refractivity contribution in [3.05, 3.63) is 5.82 Å². The predicted octanol–water partition coefficient (Wildman–Crippen LogP) is 1.78. The molecule has 1 aliphatic carbocycles. The fourth-order valence-electron chi connectivity index (χ4n) is 2.48. The summed E-state index contributed by atoms with van der Waals surface area (Å²) in [6.07, 6.45) is 3.72. The monoisotopic (exact) mass is 237 g/mol. The molecule has 0 saturated heterocycles. The summed E-state index contributed by atoms with van der Waals surface area (Å²) in [6, 6.07) is 0.510. The molecule has 1 saturated carbocycles. The first kappa shape index (κ1) is 12.5. The zero-order valence-corrected chi connectivity index (χ0v) is 11.1. The highest BCUT2D eigenvalue weighted by atomic mass is 15.6. The number of tetrazole rings is 1. The van der Waals surface area contributed by atoms with Gasteiger partial charge in [0, 0.05) is 0 Å². The Labute approximate surface area is 103 Å². The van der Waals surface area contributed by atoms with Crippen LogP contribution in [0, 0.1) is 11.8 Å². The van der Waals surface area contributed by atoms with Gasteiger partial charge in [0.15, 0.2) is 5.82 Å². The van der Waals surface area contributed by atoms with E-state index in [1.165, 1.54) is 19.3 Å². The quantitative estimate of drug-likeness (QED) is 0.848. The summed E-state index contributed by atoms with van der Waals surface area (Å²) in [6.45, 7) is 8.49. The van der Waals surface area contributed by atoms with Gasteiger partial charge in [0.2, 0.25) is 0 Å². The van der Waals surface area contributed by atoms with Gasteiger partial charge >= 0.3 is 0 Å². The normalized spacial score (nSPS) is 24.7. The molecule has 0 spiro atoms. The van der Waals surface area contributed by atoms with Gasteiger partial charge in [-0.3, -0.25) is 0 Å². The Kier molecular flexibility index (Phi) is 4.10. The lowest BCUT2D eigenvalue weighted by Gasteiger charge is -2.12. The lowest BCUT2D eigenvalue weighted by Crippen LogP contribution is -2.23. The highest BCUT2D eigenvalue weighted by Gasteiger charge is 2.25. The minimum atomic E-state index is 0.510. The summed E-state index contributed by atoms with van der Waals surface area (Å²) in [5.41, 5.74) is 0. The van der Waals surface area contributed by atoms with Crippen molar-refractivity contribution in [2.75, 3.05) is 6.54 Å². The van der Waals surface area contributed by atoms with E-state index in [0.717, 1.165) is 24.8 Å². The largest absolute Gasteiger partial charge is 0.310 e. The van der Waals surface area contributed by atoms with Crippen molar-refractivity contribution in [3.63, 3.8) is 0 Å². The summed E-state index contributed by atoms with van der Waals surface area (Å²) in [7, 11) is 0. The van der Waals surface area contributed by atoms with Crippen LogP contribution in [0.15, 0.2) is 0 Å². The summed E-state index contributed by atoms with van der Waals surface area (Å²) in [4.78, 5) is 0. The maximum Gasteiger partial charge on any atom is 0.165 e. The second-order valence-electron chi connectivity index (χ2n) is 5.64. The number of hydrogen-bond donors (Lipinski definition) is 1. The van der Waals surface area contributed by atoms with Crippen LogP contribution in [0.2, 0.25) is 0 Å². The molecular weight excluding hydrogens is 214 g/mol. The van der Waals surface area contributed by atoms with E-state index in [2.05, 4.69) is 41.6 Å². The van der Waals surface area contributed by atoms with Crippen molar-refractivity contribution >= 4 is 0 Å². The molecule has 1 N–H and O–H groups in total. The van der Waals surface area contributed by atoms with Gasteiger partial charge < -0.3 is 5.32 Å². The van der Waals surface area contributed by atoms with Crippen LogP contribution in [-0.2, 0) is 6.54 Å². The van der Waals surface area contributed by atoms with E-state index < -0.39 is 0 Å². The maximum atomic E-state index is 4.15. The first-order valence-corrected chi connectivity index (χ1v) is 6.64. The van der Waals surface area contributed by atoms with Crippen molar-refractivity contribution in [2.45, 2.75) is 52.6 Å². The Morgan fingerprint density at radius 1 is 1.41 bits per heavy atom. The van der Waals surface area contributed by atoms with Crippen LogP contribution in [0.3, 0.4) is 0 Å². The maximum absolute atomic E-state index is 4.15. The molecule has 1 aromatic rings. The van der Waals surface area contributed by atoms with Gasteiger partial charge in [-0.25, -0.2) is 4.68 Å². The van der Waals surface area contributed by atoms with E-state index in [-0.39, 0.29) is 0 Å². The zero-order valence-electron chi connectivity index (χ0n) is 11.1. The summed E-state index contributed by atoms with van der Waals surface area (Å²) in [5.74, 6) is 2.44. The molecule has 2 rings (SSSR count). The van der Waals surface area contributed by atoms with Crippen LogP contribution in [-0.4, -0.2) is 26.8 Å². The number of aromatic nitrogens is 4. The van der Waals surface area contributed by atoms with Crippen molar-refractivity contribution in [3.8, 4) is 0 Å². The van der Waals surface area contributed by atoms with Gasteiger partial charge in [-0.15, -0.1) is 5.10 Å². The number of rotatable bonds is 5. The van der Waals surface area contributed by atoms with E-state index in [1.807, 2.05) is 4.68 Å². The van der Waals surface area contributed by atoms with Crippen molar-refractivity contribution in [1.29, 1.82) is 0 Å². The second kappa shape index (κ2) is 5.58. The average Bonchev–Trinajstić information content (AvgIpc) is 2.86. The van der Waals surface area contributed by atoms with Crippen molar-refractivity contribution in [2.24, 2.45) is 11.8 Å². The molecule has 96 valence electrons. The fraction of sp³-hybridized carbons (Fsp3) is 0.917. The number of hydrogen-bond acceptors (Lipinski definition) is 4. The molecule has 2 unspecified atom stereocenters.